The second-order valence-corrected chi connectivity index (χ2v) is 5.50. The molecule has 0 radical (unpaired) electrons. The summed E-state index contributed by atoms with van der Waals surface area (Å²) >= 11 is 0. The predicted molar refractivity (Wildman–Crippen MR) is 67.1 cm³/mol. The minimum atomic E-state index is -4.01. The van der Waals surface area contributed by atoms with Gasteiger partial charge in [-0.2, -0.15) is 13.2 Å². The van der Waals surface area contributed by atoms with Gasteiger partial charge < -0.3 is 15.0 Å². The van der Waals surface area contributed by atoms with E-state index in [-0.39, 0.29) is 12.8 Å². The number of hydrogen-bond donors (Lipinski definition) is 1. The third-order valence-electron chi connectivity index (χ3n) is 4.05. The van der Waals surface area contributed by atoms with Gasteiger partial charge in [-0.05, 0) is 38.8 Å². The maximum atomic E-state index is 12.5. The molecule has 2 aliphatic rings. The fourth-order valence-electron chi connectivity index (χ4n) is 2.79. The first kappa shape index (κ1) is 15.1. The SMILES string of the molecule is FC(F)(F)C1CCN(CCNCC2CCCO2)CC1. The first-order valence-electron chi connectivity index (χ1n) is 7.17. The summed E-state index contributed by atoms with van der Waals surface area (Å²) in [5.74, 6) is -1.09. The lowest BCUT2D eigenvalue weighted by Gasteiger charge is -2.32. The fraction of sp³-hybridized carbons (Fsp3) is 1.00. The number of likely N-dealkylation sites (tertiary alicyclic amines) is 1. The van der Waals surface area contributed by atoms with E-state index in [0.29, 0.717) is 19.2 Å². The van der Waals surface area contributed by atoms with Crippen molar-refractivity contribution in [3.05, 3.63) is 0 Å². The molecule has 2 aliphatic heterocycles. The second-order valence-electron chi connectivity index (χ2n) is 5.50. The Hall–Kier alpha value is -0.330. The van der Waals surface area contributed by atoms with Gasteiger partial charge in [0, 0.05) is 26.2 Å². The van der Waals surface area contributed by atoms with Crippen LogP contribution in [0.3, 0.4) is 0 Å². The lowest BCUT2D eigenvalue weighted by molar-refractivity contribution is -0.184. The average molecular weight is 280 g/mol. The van der Waals surface area contributed by atoms with Gasteiger partial charge >= 0.3 is 6.18 Å². The Morgan fingerprint density at radius 3 is 2.47 bits per heavy atom. The van der Waals surface area contributed by atoms with Crippen LogP contribution >= 0.6 is 0 Å². The van der Waals surface area contributed by atoms with Gasteiger partial charge in [-0.3, -0.25) is 0 Å². The second kappa shape index (κ2) is 6.90. The van der Waals surface area contributed by atoms with E-state index in [9.17, 15) is 13.2 Å². The minimum absolute atomic E-state index is 0.245. The highest BCUT2D eigenvalue weighted by molar-refractivity contribution is 4.77. The molecule has 2 rings (SSSR count). The molecule has 1 N–H and O–H groups in total. The molecule has 0 amide bonds. The molecular weight excluding hydrogens is 257 g/mol. The predicted octanol–water partition coefficient (Wildman–Crippen LogP) is 2.03. The van der Waals surface area contributed by atoms with Gasteiger partial charge in [0.25, 0.3) is 0 Å². The highest BCUT2D eigenvalue weighted by Crippen LogP contribution is 2.33. The largest absolute Gasteiger partial charge is 0.391 e. The Kier molecular flexibility index (Phi) is 5.47. The van der Waals surface area contributed by atoms with Crippen LogP contribution in [0.25, 0.3) is 0 Å². The Bertz CT molecular complexity index is 259. The van der Waals surface area contributed by atoms with Crippen LogP contribution in [0.15, 0.2) is 0 Å². The molecule has 0 aliphatic carbocycles. The maximum Gasteiger partial charge on any atom is 0.391 e. The lowest BCUT2D eigenvalue weighted by Crippen LogP contribution is -2.42. The summed E-state index contributed by atoms with van der Waals surface area (Å²) < 4.78 is 43.0. The number of ether oxygens (including phenoxy) is 1. The van der Waals surface area contributed by atoms with Gasteiger partial charge in [0.2, 0.25) is 0 Å². The monoisotopic (exact) mass is 280 g/mol. The first-order valence-corrected chi connectivity index (χ1v) is 7.17. The normalized spacial score (nSPS) is 27.0. The number of halogens is 3. The summed E-state index contributed by atoms with van der Waals surface area (Å²) in [6.45, 7) is 4.50. The highest BCUT2D eigenvalue weighted by Gasteiger charge is 2.40. The molecular formula is C13H23F3N2O. The summed E-state index contributed by atoms with van der Waals surface area (Å²) in [6, 6.07) is 0. The van der Waals surface area contributed by atoms with Gasteiger partial charge in [0.15, 0.2) is 0 Å². The molecule has 3 nitrogen and oxygen atoms in total. The van der Waals surface area contributed by atoms with Crippen LogP contribution in [0.4, 0.5) is 13.2 Å². The third kappa shape index (κ3) is 4.93. The van der Waals surface area contributed by atoms with Crippen LogP contribution in [0.1, 0.15) is 25.7 Å². The Labute approximate surface area is 112 Å². The zero-order valence-electron chi connectivity index (χ0n) is 11.2. The quantitative estimate of drug-likeness (QED) is 0.780. The van der Waals surface area contributed by atoms with Crippen LogP contribution < -0.4 is 5.32 Å². The molecule has 0 saturated carbocycles. The van der Waals surface area contributed by atoms with Crippen LogP contribution in [0.2, 0.25) is 0 Å². The molecule has 2 heterocycles. The molecule has 0 aromatic rings. The van der Waals surface area contributed by atoms with Crippen molar-refractivity contribution in [1.29, 1.82) is 0 Å². The topological polar surface area (TPSA) is 24.5 Å². The van der Waals surface area contributed by atoms with Gasteiger partial charge in [-0.1, -0.05) is 0 Å². The van der Waals surface area contributed by atoms with Gasteiger partial charge in [0.05, 0.1) is 12.0 Å². The molecule has 0 aromatic carbocycles. The van der Waals surface area contributed by atoms with E-state index in [1.807, 2.05) is 0 Å². The lowest BCUT2D eigenvalue weighted by atomic mass is 9.96. The Morgan fingerprint density at radius 2 is 1.89 bits per heavy atom. The summed E-state index contributed by atoms with van der Waals surface area (Å²) in [5, 5.41) is 3.33. The van der Waals surface area contributed by atoms with Crippen LogP contribution in [0, 0.1) is 5.92 Å². The molecule has 0 bridgehead atoms. The summed E-state index contributed by atoms with van der Waals surface area (Å²) in [5.41, 5.74) is 0. The molecule has 0 spiro atoms. The summed E-state index contributed by atoms with van der Waals surface area (Å²) in [6.07, 6.45) is -0.938. The molecule has 0 aromatic heterocycles. The standard InChI is InChI=1S/C13H23F3N2O/c14-13(15,16)11-3-6-18(7-4-11)8-5-17-10-12-2-1-9-19-12/h11-12,17H,1-10H2. The zero-order chi connectivity index (χ0) is 13.7. The number of piperidine rings is 1. The third-order valence-corrected chi connectivity index (χ3v) is 4.05. The van der Waals surface area contributed by atoms with Crippen LogP contribution in [-0.2, 0) is 4.74 Å². The fourth-order valence-corrected chi connectivity index (χ4v) is 2.79. The smallest absolute Gasteiger partial charge is 0.377 e. The number of alkyl halides is 3. The van der Waals surface area contributed by atoms with Crippen molar-refractivity contribution >= 4 is 0 Å². The number of nitrogens with one attached hydrogen (secondary N) is 1. The van der Waals surface area contributed by atoms with E-state index in [0.717, 1.165) is 39.1 Å². The van der Waals surface area contributed by atoms with Crippen LogP contribution in [0.5, 0.6) is 0 Å². The minimum Gasteiger partial charge on any atom is -0.377 e. The van der Waals surface area contributed by atoms with E-state index >= 15 is 0 Å². The maximum absolute atomic E-state index is 12.5. The molecule has 112 valence electrons. The van der Waals surface area contributed by atoms with E-state index in [1.165, 1.54) is 0 Å². The van der Waals surface area contributed by atoms with E-state index in [4.69, 9.17) is 4.74 Å². The molecule has 6 heteroatoms. The van der Waals surface area contributed by atoms with Gasteiger partial charge in [0.1, 0.15) is 0 Å². The van der Waals surface area contributed by atoms with Crippen molar-refractivity contribution in [2.45, 2.75) is 38.0 Å². The molecule has 2 fully saturated rings. The van der Waals surface area contributed by atoms with Crippen molar-refractivity contribution in [2.24, 2.45) is 5.92 Å². The average Bonchev–Trinajstić information content (AvgIpc) is 2.87. The molecule has 19 heavy (non-hydrogen) atoms. The van der Waals surface area contributed by atoms with Crippen molar-refractivity contribution < 1.29 is 17.9 Å². The van der Waals surface area contributed by atoms with Crippen molar-refractivity contribution in [3.8, 4) is 0 Å². The van der Waals surface area contributed by atoms with Crippen molar-refractivity contribution in [2.75, 3.05) is 39.3 Å². The van der Waals surface area contributed by atoms with Crippen LogP contribution in [-0.4, -0.2) is 56.5 Å². The molecule has 1 unspecified atom stereocenters. The first-order chi connectivity index (χ1) is 9.05. The highest BCUT2D eigenvalue weighted by atomic mass is 19.4. The zero-order valence-corrected chi connectivity index (χ0v) is 11.2. The number of rotatable bonds is 5. The molecule has 2 saturated heterocycles. The van der Waals surface area contributed by atoms with E-state index in [2.05, 4.69) is 10.2 Å². The molecule has 1 atom stereocenters. The van der Waals surface area contributed by atoms with E-state index < -0.39 is 12.1 Å². The van der Waals surface area contributed by atoms with Gasteiger partial charge in [-0.15, -0.1) is 0 Å². The Morgan fingerprint density at radius 1 is 1.16 bits per heavy atom. The van der Waals surface area contributed by atoms with Crippen molar-refractivity contribution in [1.82, 2.24) is 10.2 Å². The van der Waals surface area contributed by atoms with E-state index in [1.54, 1.807) is 0 Å². The summed E-state index contributed by atoms with van der Waals surface area (Å²) in [7, 11) is 0. The number of nitrogens with zero attached hydrogens (tertiary/aromatic N) is 1. The number of hydrogen-bond acceptors (Lipinski definition) is 3. The van der Waals surface area contributed by atoms with Crippen molar-refractivity contribution in [3.63, 3.8) is 0 Å². The summed E-state index contributed by atoms with van der Waals surface area (Å²) in [4.78, 5) is 2.12. The Balaban J connectivity index is 1.53. The van der Waals surface area contributed by atoms with Gasteiger partial charge in [-0.25, -0.2) is 0 Å².